The number of halogens is 1. The second-order valence-corrected chi connectivity index (χ2v) is 6.84. The molecule has 1 heterocycles. The van der Waals surface area contributed by atoms with Gasteiger partial charge in [0.2, 0.25) is 15.9 Å². The van der Waals surface area contributed by atoms with Gasteiger partial charge in [-0.25, -0.2) is 18.1 Å². The highest BCUT2D eigenvalue weighted by Crippen LogP contribution is 2.22. The third-order valence-electron chi connectivity index (χ3n) is 2.75. The summed E-state index contributed by atoms with van der Waals surface area (Å²) in [6.45, 7) is 0.136. The summed E-state index contributed by atoms with van der Waals surface area (Å²) in [6.07, 6.45) is 1.56. The number of nitrogens with one attached hydrogen (secondary N) is 1. The van der Waals surface area contributed by atoms with Crippen LogP contribution >= 0.6 is 15.9 Å². The molecule has 0 aliphatic heterocycles. The van der Waals surface area contributed by atoms with Crippen molar-refractivity contribution in [1.29, 1.82) is 0 Å². The van der Waals surface area contributed by atoms with E-state index in [1.54, 1.807) is 24.4 Å². The molecular weight excluding hydrogens is 358 g/mol. The fourth-order valence-corrected chi connectivity index (χ4v) is 2.92. The summed E-state index contributed by atoms with van der Waals surface area (Å²) in [7, 11) is -2.13. The SMILES string of the molecule is COc1cc(CNS(=O)(=O)c2ccc(Br)c(N)c2)ccn1. The first-order chi connectivity index (χ1) is 9.92. The molecule has 0 aliphatic rings. The molecule has 0 unspecified atom stereocenters. The highest BCUT2D eigenvalue weighted by Gasteiger charge is 2.15. The molecule has 1 aromatic carbocycles. The number of pyridine rings is 1. The maximum Gasteiger partial charge on any atom is 0.240 e. The van der Waals surface area contributed by atoms with Gasteiger partial charge in [0.1, 0.15) is 0 Å². The first-order valence-corrected chi connectivity index (χ1v) is 8.23. The molecule has 8 heteroatoms. The maximum atomic E-state index is 12.2. The zero-order valence-electron chi connectivity index (χ0n) is 11.2. The highest BCUT2D eigenvalue weighted by atomic mass is 79.9. The van der Waals surface area contributed by atoms with Crippen LogP contribution in [0.1, 0.15) is 5.56 Å². The molecule has 0 spiro atoms. The van der Waals surface area contributed by atoms with E-state index in [1.165, 1.54) is 19.2 Å². The Hall–Kier alpha value is -1.64. The van der Waals surface area contributed by atoms with Gasteiger partial charge in [-0.1, -0.05) is 0 Å². The number of aromatic nitrogens is 1. The van der Waals surface area contributed by atoms with Gasteiger partial charge in [0.05, 0.1) is 12.0 Å². The Morgan fingerprint density at radius 1 is 1.33 bits per heavy atom. The average Bonchev–Trinajstić information content (AvgIpc) is 2.48. The van der Waals surface area contributed by atoms with Crippen LogP contribution < -0.4 is 15.2 Å². The number of methoxy groups -OCH3 is 1. The van der Waals surface area contributed by atoms with Crippen molar-refractivity contribution in [1.82, 2.24) is 9.71 Å². The number of hydrogen-bond donors (Lipinski definition) is 2. The summed E-state index contributed by atoms with van der Waals surface area (Å²) in [4.78, 5) is 4.08. The van der Waals surface area contributed by atoms with Gasteiger partial charge in [-0.2, -0.15) is 0 Å². The molecule has 6 nitrogen and oxygen atoms in total. The quantitative estimate of drug-likeness (QED) is 0.782. The van der Waals surface area contributed by atoms with E-state index in [2.05, 4.69) is 25.6 Å². The Morgan fingerprint density at radius 2 is 2.10 bits per heavy atom. The molecule has 21 heavy (non-hydrogen) atoms. The first-order valence-electron chi connectivity index (χ1n) is 5.96. The van der Waals surface area contributed by atoms with Crippen molar-refractivity contribution in [2.75, 3.05) is 12.8 Å². The van der Waals surface area contributed by atoms with Crippen LogP contribution in [0.3, 0.4) is 0 Å². The second-order valence-electron chi connectivity index (χ2n) is 4.21. The zero-order valence-corrected chi connectivity index (χ0v) is 13.6. The average molecular weight is 372 g/mol. The zero-order chi connectivity index (χ0) is 15.5. The molecule has 2 rings (SSSR count). The van der Waals surface area contributed by atoms with Crippen LogP contribution in [0, 0.1) is 0 Å². The molecule has 0 amide bonds. The summed E-state index contributed by atoms with van der Waals surface area (Å²) >= 11 is 3.23. The normalized spacial score (nSPS) is 11.3. The Balaban J connectivity index is 2.15. The van der Waals surface area contributed by atoms with Crippen molar-refractivity contribution in [2.24, 2.45) is 0 Å². The smallest absolute Gasteiger partial charge is 0.240 e. The molecular formula is C13H14BrN3O3S. The van der Waals surface area contributed by atoms with Gasteiger partial charge >= 0.3 is 0 Å². The van der Waals surface area contributed by atoms with Crippen LogP contribution in [-0.4, -0.2) is 20.5 Å². The molecule has 0 aliphatic carbocycles. The van der Waals surface area contributed by atoms with Crippen molar-refractivity contribution >= 4 is 31.6 Å². The number of nitrogens with zero attached hydrogens (tertiary/aromatic N) is 1. The van der Waals surface area contributed by atoms with Gasteiger partial charge in [-0.3, -0.25) is 0 Å². The van der Waals surface area contributed by atoms with Crippen LogP contribution in [0.5, 0.6) is 5.88 Å². The van der Waals surface area contributed by atoms with Gasteiger partial charge in [0.25, 0.3) is 0 Å². The second kappa shape index (κ2) is 6.42. The molecule has 3 N–H and O–H groups in total. The highest BCUT2D eigenvalue weighted by molar-refractivity contribution is 9.10. The predicted molar refractivity (Wildman–Crippen MR) is 83.4 cm³/mol. The fraction of sp³-hybridized carbons (Fsp3) is 0.154. The van der Waals surface area contributed by atoms with Crippen LogP contribution in [-0.2, 0) is 16.6 Å². The van der Waals surface area contributed by atoms with E-state index in [-0.39, 0.29) is 11.4 Å². The van der Waals surface area contributed by atoms with Gasteiger partial charge in [-0.15, -0.1) is 0 Å². The van der Waals surface area contributed by atoms with Crippen molar-refractivity contribution in [3.8, 4) is 5.88 Å². The van der Waals surface area contributed by atoms with Gasteiger partial charge in [0, 0.05) is 29.0 Å². The van der Waals surface area contributed by atoms with E-state index in [4.69, 9.17) is 10.5 Å². The minimum Gasteiger partial charge on any atom is -0.481 e. The number of nitrogen functional groups attached to an aromatic ring is 1. The van der Waals surface area contributed by atoms with Gasteiger partial charge in [0.15, 0.2) is 0 Å². The van der Waals surface area contributed by atoms with E-state index in [0.29, 0.717) is 16.0 Å². The van der Waals surface area contributed by atoms with E-state index < -0.39 is 10.0 Å². The fourth-order valence-electron chi connectivity index (χ4n) is 1.62. The summed E-state index contributed by atoms with van der Waals surface area (Å²) in [5, 5.41) is 0. The Bertz CT molecular complexity index is 750. The lowest BCUT2D eigenvalue weighted by molar-refractivity contribution is 0.397. The standard InChI is InChI=1S/C13H14BrN3O3S/c1-20-13-6-9(4-5-16-13)8-17-21(18,19)10-2-3-11(14)12(15)7-10/h2-7,17H,8,15H2,1H3. The van der Waals surface area contributed by atoms with Gasteiger partial charge in [-0.05, 0) is 45.8 Å². The number of sulfonamides is 1. The summed E-state index contributed by atoms with van der Waals surface area (Å²) < 4.78 is 32.5. The van der Waals surface area contributed by atoms with Crippen molar-refractivity contribution in [3.63, 3.8) is 0 Å². The lowest BCUT2D eigenvalue weighted by atomic mass is 10.3. The first kappa shape index (κ1) is 15.7. The minimum absolute atomic E-state index is 0.115. The van der Waals surface area contributed by atoms with Crippen molar-refractivity contribution in [3.05, 3.63) is 46.6 Å². The number of hydrogen-bond acceptors (Lipinski definition) is 5. The van der Waals surface area contributed by atoms with E-state index in [1.807, 2.05) is 0 Å². The maximum absolute atomic E-state index is 12.2. The number of ether oxygens (including phenoxy) is 1. The van der Waals surface area contributed by atoms with Gasteiger partial charge < -0.3 is 10.5 Å². The third kappa shape index (κ3) is 3.93. The Morgan fingerprint density at radius 3 is 2.76 bits per heavy atom. The van der Waals surface area contributed by atoms with Crippen LogP contribution in [0.2, 0.25) is 0 Å². The lowest BCUT2D eigenvalue weighted by Gasteiger charge is -2.09. The molecule has 2 aromatic rings. The predicted octanol–water partition coefficient (Wildman–Crippen LogP) is 1.91. The van der Waals surface area contributed by atoms with Crippen LogP contribution in [0.25, 0.3) is 0 Å². The van der Waals surface area contributed by atoms with E-state index in [0.717, 1.165) is 5.56 Å². The third-order valence-corrected chi connectivity index (χ3v) is 4.87. The van der Waals surface area contributed by atoms with E-state index >= 15 is 0 Å². The summed E-state index contributed by atoms with van der Waals surface area (Å²) in [6, 6.07) is 7.86. The van der Waals surface area contributed by atoms with Crippen LogP contribution in [0.4, 0.5) is 5.69 Å². The molecule has 0 atom stereocenters. The molecule has 112 valence electrons. The van der Waals surface area contributed by atoms with Crippen LogP contribution in [0.15, 0.2) is 45.9 Å². The molecule has 1 aromatic heterocycles. The molecule has 0 radical (unpaired) electrons. The number of nitrogens with two attached hydrogens (primary N) is 1. The molecule has 0 fully saturated rings. The minimum atomic E-state index is -3.63. The van der Waals surface area contributed by atoms with Crippen molar-refractivity contribution < 1.29 is 13.2 Å². The summed E-state index contributed by atoms with van der Waals surface area (Å²) in [5.41, 5.74) is 6.81. The topological polar surface area (TPSA) is 94.3 Å². The largest absolute Gasteiger partial charge is 0.481 e. The monoisotopic (exact) mass is 371 g/mol. The number of rotatable bonds is 5. The summed E-state index contributed by atoms with van der Waals surface area (Å²) in [5.74, 6) is 0.430. The molecule has 0 saturated carbocycles. The van der Waals surface area contributed by atoms with Crippen molar-refractivity contribution in [2.45, 2.75) is 11.4 Å². The lowest BCUT2D eigenvalue weighted by Crippen LogP contribution is -2.23. The number of anilines is 1. The Kier molecular flexibility index (Phi) is 4.81. The molecule has 0 bridgehead atoms. The van der Waals surface area contributed by atoms with E-state index in [9.17, 15) is 8.42 Å². The number of benzene rings is 1. The molecule has 0 saturated heterocycles. The Labute approximate surface area is 131 Å².